The average molecular weight is 330 g/mol. The van der Waals surface area contributed by atoms with Crippen molar-refractivity contribution in [2.24, 2.45) is 4.99 Å². The van der Waals surface area contributed by atoms with Crippen LogP contribution in [-0.4, -0.2) is 16.8 Å². The van der Waals surface area contributed by atoms with Crippen LogP contribution >= 0.6 is 0 Å². The van der Waals surface area contributed by atoms with Crippen molar-refractivity contribution in [3.8, 4) is 0 Å². The zero-order valence-electron chi connectivity index (χ0n) is 15.6. The van der Waals surface area contributed by atoms with Gasteiger partial charge in [-0.05, 0) is 57.7 Å². The number of hydrogen-bond acceptors (Lipinski definition) is 2. The first-order valence-corrected chi connectivity index (χ1v) is 9.09. The zero-order chi connectivity index (χ0) is 17.7. The van der Waals surface area contributed by atoms with Gasteiger partial charge >= 0.3 is 0 Å². The van der Waals surface area contributed by atoms with Crippen LogP contribution in [0.1, 0.15) is 49.9 Å². The summed E-state index contributed by atoms with van der Waals surface area (Å²) in [7, 11) is 0. The molecule has 2 aromatic rings. The van der Waals surface area contributed by atoms with E-state index in [1.165, 1.54) is 28.0 Å². The number of benzene rings is 2. The maximum Gasteiger partial charge on any atom is 0.0676 e. The molecular weight excluding hydrogens is 304 g/mol. The van der Waals surface area contributed by atoms with E-state index in [1.807, 2.05) is 0 Å². The largest absolute Gasteiger partial charge is 0.379 e. The van der Waals surface area contributed by atoms with Gasteiger partial charge < -0.3 is 5.32 Å². The number of rotatable bonds is 1. The summed E-state index contributed by atoms with van der Waals surface area (Å²) in [6, 6.07) is 17.4. The lowest BCUT2D eigenvalue weighted by atomic mass is 9.84. The highest BCUT2D eigenvalue weighted by Gasteiger charge is 2.29. The Morgan fingerprint density at radius 1 is 0.840 bits per heavy atom. The zero-order valence-corrected chi connectivity index (χ0v) is 15.6. The molecule has 2 heterocycles. The van der Waals surface area contributed by atoms with Crippen LogP contribution in [0.3, 0.4) is 0 Å². The molecule has 2 aliphatic rings. The van der Waals surface area contributed by atoms with Crippen LogP contribution in [0.5, 0.6) is 0 Å². The van der Waals surface area contributed by atoms with E-state index in [0.29, 0.717) is 0 Å². The van der Waals surface area contributed by atoms with E-state index in [4.69, 9.17) is 4.99 Å². The van der Waals surface area contributed by atoms with Crippen molar-refractivity contribution in [1.29, 1.82) is 0 Å². The Labute approximate surface area is 150 Å². The van der Waals surface area contributed by atoms with Crippen molar-refractivity contribution in [2.75, 3.05) is 0 Å². The third-order valence-corrected chi connectivity index (χ3v) is 5.03. The van der Waals surface area contributed by atoms with Crippen LogP contribution in [0, 0.1) is 0 Å². The van der Waals surface area contributed by atoms with Crippen LogP contribution in [-0.2, 0) is 12.8 Å². The van der Waals surface area contributed by atoms with Crippen molar-refractivity contribution in [3.05, 3.63) is 76.9 Å². The maximum atomic E-state index is 5.07. The number of allylic oxidation sites excluding steroid dienone is 1. The van der Waals surface area contributed by atoms with Crippen LogP contribution < -0.4 is 5.32 Å². The molecule has 0 unspecified atom stereocenters. The van der Waals surface area contributed by atoms with Gasteiger partial charge in [0.2, 0.25) is 0 Å². The molecule has 25 heavy (non-hydrogen) atoms. The lowest BCUT2D eigenvalue weighted by Gasteiger charge is -2.36. The Bertz CT molecular complexity index is 884. The summed E-state index contributed by atoms with van der Waals surface area (Å²) in [6.45, 7) is 8.95. The van der Waals surface area contributed by atoms with Crippen molar-refractivity contribution < 1.29 is 0 Å². The fourth-order valence-corrected chi connectivity index (χ4v) is 4.07. The molecule has 4 rings (SSSR count). The molecule has 128 valence electrons. The van der Waals surface area contributed by atoms with Crippen LogP contribution in [0.15, 0.2) is 59.6 Å². The van der Waals surface area contributed by atoms with Gasteiger partial charge in [0, 0.05) is 22.4 Å². The Kier molecular flexibility index (Phi) is 3.61. The summed E-state index contributed by atoms with van der Waals surface area (Å²) in [5.41, 5.74) is 7.59. The summed E-state index contributed by atoms with van der Waals surface area (Å²) < 4.78 is 0. The second-order valence-electron chi connectivity index (χ2n) is 8.54. The fourth-order valence-electron chi connectivity index (χ4n) is 4.07. The smallest absolute Gasteiger partial charge is 0.0676 e. The summed E-state index contributed by atoms with van der Waals surface area (Å²) in [5, 5.41) is 3.73. The van der Waals surface area contributed by atoms with Gasteiger partial charge in [-0.15, -0.1) is 0 Å². The van der Waals surface area contributed by atoms with Crippen molar-refractivity contribution in [2.45, 2.75) is 51.6 Å². The van der Waals surface area contributed by atoms with Gasteiger partial charge in [0.15, 0.2) is 0 Å². The third kappa shape index (κ3) is 3.13. The number of fused-ring (bicyclic) bond motifs is 2. The maximum absolute atomic E-state index is 5.07. The highest BCUT2D eigenvalue weighted by atomic mass is 15.0. The highest BCUT2D eigenvalue weighted by Crippen LogP contribution is 2.32. The molecule has 2 aromatic carbocycles. The monoisotopic (exact) mass is 330 g/mol. The van der Waals surface area contributed by atoms with Gasteiger partial charge in [0.1, 0.15) is 0 Å². The minimum absolute atomic E-state index is 0.0461. The number of nitrogens with zero attached hydrogens (tertiary/aromatic N) is 1. The highest BCUT2D eigenvalue weighted by molar-refractivity contribution is 6.14. The van der Waals surface area contributed by atoms with Crippen molar-refractivity contribution in [1.82, 2.24) is 5.32 Å². The van der Waals surface area contributed by atoms with Crippen molar-refractivity contribution in [3.63, 3.8) is 0 Å². The quantitative estimate of drug-likeness (QED) is 0.800. The molecule has 0 radical (unpaired) electrons. The Morgan fingerprint density at radius 2 is 1.44 bits per heavy atom. The van der Waals surface area contributed by atoms with E-state index in [0.717, 1.165) is 18.6 Å². The topological polar surface area (TPSA) is 24.4 Å². The molecule has 0 amide bonds. The average Bonchev–Trinajstić information content (AvgIpc) is 2.52. The molecule has 1 N–H and O–H groups in total. The van der Waals surface area contributed by atoms with Crippen LogP contribution in [0.25, 0.3) is 5.70 Å². The molecule has 0 saturated carbocycles. The molecule has 0 spiro atoms. The van der Waals surface area contributed by atoms with Gasteiger partial charge in [-0.1, -0.05) is 48.5 Å². The first-order valence-electron chi connectivity index (χ1n) is 9.09. The number of nitrogens with one attached hydrogen (secondary N) is 1. The summed E-state index contributed by atoms with van der Waals surface area (Å²) in [4.78, 5) is 5.07. The molecule has 2 heteroatoms. The first-order chi connectivity index (χ1) is 11.8. The van der Waals surface area contributed by atoms with E-state index in [2.05, 4.69) is 87.6 Å². The van der Waals surface area contributed by atoms with Crippen molar-refractivity contribution >= 4 is 11.4 Å². The van der Waals surface area contributed by atoms with E-state index in [-0.39, 0.29) is 11.1 Å². The SMILES string of the molecule is CC1(C)Cc2ccccc2C(C=C2NC(C)(C)Cc3ccccc32)=N1. The second-order valence-corrected chi connectivity index (χ2v) is 8.54. The Hall–Kier alpha value is -2.35. The number of hydrogen-bond donors (Lipinski definition) is 1. The molecule has 0 fully saturated rings. The lowest BCUT2D eigenvalue weighted by Crippen LogP contribution is -2.44. The van der Waals surface area contributed by atoms with Gasteiger partial charge in [-0.25, -0.2) is 0 Å². The molecule has 0 aliphatic carbocycles. The molecule has 0 bridgehead atoms. The normalized spacial score (nSPS) is 21.8. The first kappa shape index (κ1) is 16.1. The van der Waals surface area contributed by atoms with Crippen LogP contribution in [0.4, 0.5) is 0 Å². The Morgan fingerprint density at radius 3 is 2.16 bits per heavy atom. The molecule has 2 aliphatic heterocycles. The van der Waals surface area contributed by atoms with E-state index in [1.54, 1.807) is 0 Å². The summed E-state index contributed by atoms with van der Waals surface area (Å²) in [6.07, 6.45) is 4.28. The van der Waals surface area contributed by atoms with E-state index < -0.39 is 0 Å². The van der Waals surface area contributed by atoms with Gasteiger partial charge in [0.05, 0.1) is 11.3 Å². The predicted molar refractivity (Wildman–Crippen MR) is 106 cm³/mol. The molecule has 0 aromatic heterocycles. The Balaban J connectivity index is 1.86. The fraction of sp³-hybridized carbons (Fsp3) is 0.348. The molecule has 2 nitrogen and oxygen atoms in total. The number of aliphatic imine (C=N–C) groups is 1. The van der Waals surface area contributed by atoms with Gasteiger partial charge in [-0.3, -0.25) is 4.99 Å². The minimum Gasteiger partial charge on any atom is -0.379 e. The summed E-state index contributed by atoms with van der Waals surface area (Å²) >= 11 is 0. The molecular formula is C23H26N2. The van der Waals surface area contributed by atoms with Crippen LogP contribution in [0.2, 0.25) is 0 Å². The van der Waals surface area contributed by atoms with E-state index >= 15 is 0 Å². The second kappa shape index (κ2) is 5.59. The van der Waals surface area contributed by atoms with Gasteiger partial charge in [-0.2, -0.15) is 0 Å². The lowest BCUT2D eigenvalue weighted by molar-refractivity contribution is 0.437. The van der Waals surface area contributed by atoms with Gasteiger partial charge in [0.25, 0.3) is 0 Å². The molecule has 0 saturated heterocycles. The molecule has 0 atom stereocenters. The minimum atomic E-state index is -0.0650. The summed E-state index contributed by atoms with van der Waals surface area (Å²) in [5.74, 6) is 0. The predicted octanol–water partition coefficient (Wildman–Crippen LogP) is 4.78. The third-order valence-electron chi connectivity index (χ3n) is 5.03. The standard InChI is InChI=1S/C23H26N2/c1-22(2)14-16-9-5-7-11-18(16)20(24-22)13-21-19-12-8-6-10-17(19)15-23(3,4)25-21/h5-13,24H,14-15H2,1-4H3. The van der Waals surface area contributed by atoms with E-state index in [9.17, 15) is 0 Å².